The van der Waals surface area contributed by atoms with E-state index >= 15 is 0 Å². The highest BCUT2D eigenvalue weighted by atomic mass is 31.3. The number of rotatable bonds is 12. The van der Waals surface area contributed by atoms with Crippen molar-refractivity contribution in [3.8, 4) is 0 Å². The summed E-state index contributed by atoms with van der Waals surface area (Å²) >= 11 is 0. The number of aromatic amines is 1. The Morgan fingerprint density at radius 1 is 1.11 bits per heavy atom. The zero-order valence-electron chi connectivity index (χ0n) is 18.2. The van der Waals surface area contributed by atoms with E-state index in [4.69, 9.17) is 20.3 Å². The number of H-pyrrole nitrogens is 1. The Balaban J connectivity index is 2.20. The number of aliphatic hydroxyl groups is 1. The third-order valence-corrected chi connectivity index (χ3v) is 8.08. The van der Waals surface area contributed by atoms with E-state index in [1.165, 1.54) is 0 Å². The fourth-order valence-electron chi connectivity index (χ4n) is 2.86. The fraction of sp³-hybridized carbons (Fsp3) is 0.538. The predicted octanol–water partition coefficient (Wildman–Crippen LogP) is -4.30. The fourth-order valence-corrected chi connectivity index (χ4v) is 5.89. The van der Waals surface area contributed by atoms with E-state index in [2.05, 4.69) is 23.8 Å². The van der Waals surface area contributed by atoms with Crippen molar-refractivity contribution in [2.24, 2.45) is 5.73 Å². The van der Waals surface area contributed by atoms with Crippen molar-refractivity contribution in [1.29, 1.82) is 0 Å². The number of aromatic nitrogens is 2. The van der Waals surface area contributed by atoms with Crippen molar-refractivity contribution in [2.45, 2.75) is 24.5 Å². The molecule has 0 aliphatic carbocycles. The topological polar surface area (TPSA) is 328 Å². The van der Waals surface area contributed by atoms with Gasteiger partial charge in [-0.3, -0.25) is 28.5 Å². The number of carbonyl (C=O) groups excluding carboxylic acids is 2. The van der Waals surface area contributed by atoms with Gasteiger partial charge >= 0.3 is 29.2 Å². The van der Waals surface area contributed by atoms with Gasteiger partial charge in [-0.05, 0) is 0 Å². The molecule has 1 aromatic heterocycles. The van der Waals surface area contributed by atoms with E-state index < -0.39 is 90.7 Å². The number of phosphoric ester groups is 1. The quantitative estimate of drug-likeness (QED) is 0.103. The summed E-state index contributed by atoms with van der Waals surface area (Å²) in [6.45, 7) is -2.16. The van der Waals surface area contributed by atoms with E-state index in [1.807, 2.05) is 4.98 Å². The van der Waals surface area contributed by atoms with Gasteiger partial charge in [0.1, 0.15) is 18.2 Å². The van der Waals surface area contributed by atoms with Gasteiger partial charge in [0.2, 0.25) is 11.8 Å². The summed E-state index contributed by atoms with van der Waals surface area (Å²) in [6.07, 6.45) is -4.09. The molecule has 2 amide bonds. The van der Waals surface area contributed by atoms with Crippen LogP contribution in [0.2, 0.25) is 0 Å². The Morgan fingerprint density at radius 2 is 1.76 bits per heavy atom. The number of carbonyl (C=O) groups is 2. The third kappa shape index (κ3) is 9.62. The third-order valence-electron chi connectivity index (χ3n) is 4.27. The molecule has 0 spiro atoms. The largest absolute Gasteiger partial charge is 0.490 e. The molecule has 1 aliphatic rings. The molecule has 0 saturated carbocycles. The van der Waals surface area contributed by atoms with Crippen molar-refractivity contribution in [2.75, 3.05) is 19.7 Å². The van der Waals surface area contributed by atoms with E-state index in [0.29, 0.717) is 0 Å². The second-order valence-corrected chi connectivity index (χ2v) is 11.5. The molecule has 210 valence electrons. The molecule has 1 aliphatic heterocycles. The predicted molar refractivity (Wildman–Crippen MR) is 115 cm³/mol. The van der Waals surface area contributed by atoms with Gasteiger partial charge in [0, 0.05) is 12.3 Å². The molecule has 0 radical (unpaired) electrons. The normalized spacial score (nSPS) is 25.1. The highest BCUT2D eigenvalue weighted by Gasteiger charge is 2.48. The van der Waals surface area contributed by atoms with Gasteiger partial charge in [0.25, 0.3) is 5.56 Å². The summed E-state index contributed by atoms with van der Waals surface area (Å²) in [5.74, 6) is -1.59. The SMILES string of the molecule is NCC(=O)NCC(=O)N[C@@H]1[C@H](O)[C@@H](COP(=O)(O)OP(=O)(O)OP(=O)(O)O)O[C@H]1n1ccc(=O)[nH]c1=O. The molecule has 2 rings (SSSR count). The van der Waals surface area contributed by atoms with Gasteiger partial charge in [0.15, 0.2) is 6.23 Å². The first-order chi connectivity index (χ1) is 16.9. The number of ether oxygens (including phenoxy) is 1. The minimum atomic E-state index is -5.82. The van der Waals surface area contributed by atoms with Crippen molar-refractivity contribution >= 4 is 35.3 Å². The summed E-state index contributed by atoms with van der Waals surface area (Å²) in [4.78, 5) is 84.8. The molecule has 10 N–H and O–H groups in total. The van der Waals surface area contributed by atoms with Crippen LogP contribution in [0.3, 0.4) is 0 Å². The number of amides is 2. The molecule has 2 heterocycles. The number of nitrogens with one attached hydrogen (secondary N) is 3. The molecule has 37 heavy (non-hydrogen) atoms. The van der Waals surface area contributed by atoms with E-state index in [-0.39, 0.29) is 0 Å². The molecule has 0 bridgehead atoms. The molecular weight excluding hydrogens is 575 g/mol. The second kappa shape index (κ2) is 12.2. The highest BCUT2D eigenvalue weighted by molar-refractivity contribution is 7.66. The van der Waals surface area contributed by atoms with Crippen LogP contribution in [0.5, 0.6) is 0 Å². The molecule has 2 unspecified atom stereocenters. The van der Waals surface area contributed by atoms with Crippen LogP contribution >= 0.6 is 23.5 Å². The van der Waals surface area contributed by atoms with Crippen LogP contribution in [-0.2, 0) is 41.2 Å². The van der Waals surface area contributed by atoms with Gasteiger partial charge in [-0.2, -0.15) is 8.62 Å². The van der Waals surface area contributed by atoms with Crippen LogP contribution in [0.25, 0.3) is 0 Å². The molecular formula is C13H22N5O16P3. The van der Waals surface area contributed by atoms with Gasteiger partial charge in [-0.25, -0.2) is 18.5 Å². The van der Waals surface area contributed by atoms with Crippen LogP contribution in [-0.4, -0.2) is 84.0 Å². The first-order valence-corrected chi connectivity index (χ1v) is 14.1. The van der Waals surface area contributed by atoms with E-state index in [1.54, 1.807) is 0 Å². The summed E-state index contributed by atoms with van der Waals surface area (Å²) in [5.41, 5.74) is 3.26. The van der Waals surface area contributed by atoms with Crippen molar-refractivity contribution in [3.05, 3.63) is 33.1 Å². The number of hydrogen-bond donors (Lipinski definition) is 9. The Labute approximate surface area is 205 Å². The lowest BCUT2D eigenvalue weighted by molar-refractivity contribution is -0.126. The summed E-state index contributed by atoms with van der Waals surface area (Å²) < 4.78 is 51.8. The molecule has 1 aromatic rings. The minimum Gasteiger partial charge on any atom is -0.388 e. The lowest BCUT2D eigenvalue weighted by Gasteiger charge is -2.23. The van der Waals surface area contributed by atoms with Crippen LogP contribution in [0.15, 0.2) is 21.9 Å². The molecule has 21 nitrogen and oxygen atoms in total. The standard InChI is InChI=1S/C13H22N5O16P3/c14-3-8(20)15-4-9(21)16-10-11(22)6(32-12(10)18-2-1-7(19)17-13(18)23)5-31-36(27,28)34-37(29,30)33-35(24,25)26/h1-2,6,10-12,22H,3-5,14H2,(H,15,20)(H,16,21)(H,27,28)(H,29,30)(H,17,19,23)(H2,24,25,26)/t6-,10-,11-,12-/m1/s1. The van der Waals surface area contributed by atoms with Crippen molar-refractivity contribution < 1.29 is 65.8 Å². The number of hydrogen-bond acceptors (Lipinski definition) is 13. The average molecular weight is 597 g/mol. The molecule has 1 fully saturated rings. The Hall–Kier alpha value is -2.09. The number of phosphoric acid groups is 3. The maximum absolute atomic E-state index is 12.2. The smallest absolute Gasteiger partial charge is 0.388 e. The average Bonchev–Trinajstić information content (AvgIpc) is 3.03. The van der Waals surface area contributed by atoms with Gasteiger partial charge in [-0.15, -0.1) is 0 Å². The van der Waals surface area contributed by atoms with E-state index in [9.17, 15) is 47.8 Å². The lowest BCUT2D eigenvalue weighted by atomic mass is 10.1. The van der Waals surface area contributed by atoms with Crippen LogP contribution in [0.4, 0.5) is 0 Å². The van der Waals surface area contributed by atoms with E-state index in [0.717, 1.165) is 16.8 Å². The van der Waals surface area contributed by atoms with Crippen LogP contribution < -0.4 is 27.6 Å². The zero-order chi connectivity index (χ0) is 28.2. The first kappa shape index (κ1) is 31.1. The lowest BCUT2D eigenvalue weighted by Crippen LogP contribution is -2.51. The Morgan fingerprint density at radius 3 is 2.32 bits per heavy atom. The van der Waals surface area contributed by atoms with Crippen molar-refractivity contribution in [3.63, 3.8) is 0 Å². The zero-order valence-corrected chi connectivity index (χ0v) is 20.9. The number of aliphatic hydroxyl groups excluding tert-OH is 1. The molecule has 6 atom stereocenters. The van der Waals surface area contributed by atoms with Gasteiger partial charge in [-0.1, -0.05) is 0 Å². The van der Waals surface area contributed by atoms with Crippen molar-refractivity contribution in [1.82, 2.24) is 20.2 Å². The maximum atomic E-state index is 12.2. The van der Waals surface area contributed by atoms with Gasteiger partial charge < -0.3 is 45.8 Å². The summed E-state index contributed by atoms with van der Waals surface area (Å²) in [7, 11) is -17.0. The van der Waals surface area contributed by atoms with Crippen LogP contribution in [0.1, 0.15) is 6.23 Å². The number of nitrogens with zero attached hydrogens (tertiary/aromatic N) is 1. The molecule has 0 aromatic carbocycles. The highest BCUT2D eigenvalue weighted by Crippen LogP contribution is 2.66. The maximum Gasteiger partial charge on any atom is 0.490 e. The number of nitrogens with two attached hydrogens (primary N) is 1. The second-order valence-electron chi connectivity index (χ2n) is 7.03. The molecule has 24 heteroatoms. The summed E-state index contributed by atoms with van der Waals surface area (Å²) in [5, 5.41) is 15.0. The molecule has 1 saturated heterocycles. The monoisotopic (exact) mass is 597 g/mol. The Bertz CT molecular complexity index is 1260. The Kier molecular flexibility index (Phi) is 10.2. The first-order valence-electron chi connectivity index (χ1n) is 9.62. The summed E-state index contributed by atoms with van der Waals surface area (Å²) in [6, 6.07) is -0.600. The minimum absolute atomic E-state index is 0.430. The van der Waals surface area contributed by atoms with Gasteiger partial charge in [0.05, 0.1) is 19.7 Å². The van der Waals surface area contributed by atoms with Crippen LogP contribution in [0, 0.1) is 0 Å².